The van der Waals surface area contributed by atoms with E-state index in [1.165, 1.54) is 38.4 Å². The molecule has 7 nitrogen and oxygen atoms in total. The predicted octanol–water partition coefficient (Wildman–Crippen LogP) is 4.88. The molecule has 0 bridgehead atoms. The molecule has 0 spiro atoms. The number of rotatable bonds is 7. The molecule has 0 fully saturated rings. The molecule has 1 unspecified atom stereocenters. The predicted molar refractivity (Wildman–Crippen MR) is 122 cm³/mol. The van der Waals surface area contributed by atoms with Crippen molar-refractivity contribution in [3.05, 3.63) is 65.4 Å². The summed E-state index contributed by atoms with van der Waals surface area (Å²) in [4.78, 5) is 17.8. The number of amides is 1. The molecule has 1 aliphatic rings. The monoisotopic (exact) mass is 454 g/mol. The molecular formula is C25H27FN2O5. The summed E-state index contributed by atoms with van der Waals surface area (Å²) in [5.41, 5.74) is 2.26. The highest BCUT2D eigenvalue weighted by Gasteiger charge is 2.28. The number of aromatic amines is 1. The summed E-state index contributed by atoms with van der Waals surface area (Å²) >= 11 is 0. The zero-order chi connectivity index (χ0) is 23.5. The van der Waals surface area contributed by atoms with Gasteiger partial charge in [0.25, 0.3) is 0 Å². The Balaban J connectivity index is 1.84. The Kier molecular flexibility index (Phi) is 6.44. The molecule has 174 valence electrons. The van der Waals surface area contributed by atoms with E-state index in [9.17, 15) is 14.3 Å². The molecular weight excluding hydrogens is 427 g/mol. The summed E-state index contributed by atoms with van der Waals surface area (Å²) in [6.07, 6.45) is 5.00. The number of aromatic nitrogens is 1. The lowest BCUT2D eigenvalue weighted by Gasteiger charge is -2.27. The van der Waals surface area contributed by atoms with Crippen molar-refractivity contribution in [2.75, 3.05) is 27.9 Å². The molecule has 8 heteroatoms. The van der Waals surface area contributed by atoms with Gasteiger partial charge in [0.1, 0.15) is 5.82 Å². The number of allylic oxidation sites excluding steroid dienone is 1. The van der Waals surface area contributed by atoms with Gasteiger partial charge in [0.2, 0.25) is 11.7 Å². The van der Waals surface area contributed by atoms with E-state index in [-0.39, 0.29) is 24.0 Å². The van der Waals surface area contributed by atoms with Crippen LogP contribution in [0.5, 0.6) is 17.2 Å². The Bertz CT molecular complexity index is 1180. The van der Waals surface area contributed by atoms with Crippen molar-refractivity contribution in [2.24, 2.45) is 0 Å². The number of carbonyl (C=O) groups is 1. The van der Waals surface area contributed by atoms with Crippen molar-refractivity contribution in [2.45, 2.75) is 25.2 Å². The standard InChI is InChI=1S/C25H27FN2O5/c1-31-21-10-15(11-22(32-2)25(21)33-3)17(13-24(30)28-9-5-4-6-23(28)29)19-14-27-20-8-7-16(26)12-18(19)20/h6-8,10-12,14,17,27,29H,4-5,9,13H2,1-3H3. The lowest BCUT2D eigenvalue weighted by Crippen LogP contribution is -2.34. The number of nitrogens with zero attached hydrogens (tertiary/aromatic N) is 1. The molecule has 1 aliphatic heterocycles. The molecule has 0 aliphatic carbocycles. The normalized spacial score (nSPS) is 14.7. The van der Waals surface area contributed by atoms with Crippen LogP contribution in [0.25, 0.3) is 10.9 Å². The Hall–Kier alpha value is -3.68. The number of aliphatic hydroxyl groups is 1. The van der Waals surface area contributed by atoms with Crippen molar-refractivity contribution in [3.8, 4) is 17.2 Å². The molecule has 0 radical (unpaired) electrons. The second-order valence-electron chi connectivity index (χ2n) is 7.90. The van der Waals surface area contributed by atoms with Crippen molar-refractivity contribution < 1.29 is 28.5 Å². The first-order chi connectivity index (χ1) is 16.0. The van der Waals surface area contributed by atoms with Crippen LogP contribution in [0.15, 0.2) is 48.5 Å². The highest BCUT2D eigenvalue weighted by atomic mass is 19.1. The van der Waals surface area contributed by atoms with Gasteiger partial charge in [0.05, 0.1) is 21.3 Å². The molecule has 4 rings (SSSR count). The molecule has 3 aromatic rings. The quantitative estimate of drug-likeness (QED) is 0.532. The van der Waals surface area contributed by atoms with E-state index in [2.05, 4.69) is 4.98 Å². The summed E-state index contributed by atoms with van der Waals surface area (Å²) in [6, 6.07) is 8.10. The van der Waals surface area contributed by atoms with Crippen LogP contribution in [0.4, 0.5) is 4.39 Å². The zero-order valence-corrected chi connectivity index (χ0v) is 18.9. The van der Waals surface area contributed by atoms with E-state index in [0.717, 1.165) is 29.5 Å². The Morgan fingerprint density at radius 2 is 1.88 bits per heavy atom. The summed E-state index contributed by atoms with van der Waals surface area (Å²) in [6.45, 7) is 0.450. The average Bonchev–Trinajstić information content (AvgIpc) is 3.24. The number of H-pyrrole nitrogens is 1. The van der Waals surface area contributed by atoms with Crippen LogP contribution in [-0.4, -0.2) is 48.8 Å². The van der Waals surface area contributed by atoms with Crippen molar-refractivity contribution in [3.63, 3.8) is 0 Å². The van der Waals surface area contributed by atoms with Gasteiger partial charge in [-0.15, -0.1) is 0 Å². The zero-order valence-electron chi connectivity index (χ0n) is 18.9. The highest BCUT2D eigenvalue weighted by molar-refractivity contribution is 5.86. The van der Waals surface area contributed by atoms with Gasteiger partial charge in [0, 0.05) is 36.0 Å². The summed E-state index contributed by atoms with van der Waals surface area (Å²) in [7, 11) is 4.58. The number of fused-ring (bicyclic) bond motifs is 1. The third kappa shape index (κ3) is 4.33. The fraction of sp³-hybridized carbons (Fsp3) is 0.320. The fourth-order valence-electron chi connectivity index (χ4n) is 4.36. The molecule has 2 heterocycles. The molecule has 33 heavy (non-hydrogen) atoms. The highest BCUT2D eigenvalue weighted by Crippen LogP contribution is 2.43. The largest absolute Gasteiger partial charge is 0.495 e. The summed E-state index contributed by atoms with van der Waals surface area (Å²) in [5.74, 6) is 0.265. The van der Waals surface area contributed by atoms with Crippen LogP contribution < -0.4 is 14.2 Å². The number of nitrogens with one attached hydrogen (secondary N) is 1. The van der Waals surface area contributed by atoms with Crippen molar-refractivity contribution in [1.29, 1.82) is 0 Å². The third-order valence-electron chi connectivity index (χ3n) is 6.01. The van der Waals surface area contributed by atoms with Crippen LogP contribution >= 0.6 is 0 Å². The smallest absolute Gasteiger partial charge is 0.230 e. The van der Waals surface area contributed by atoms with E-state index >= 15 is 0 Å². The Labute approximate surface area is 191 Å². The number of halogens is 1. The van der Waals surface area contributed by atoms with Gasteiger partial charge in [-0.25, -0.2) is 4.39 Å². The Morgan fingerprint density at radius 3 is 2.52 bits per heavy atom. The van der Waals surface area contributed by atoms with Gasteiger partial charge in [0.15, 0.2) is 17.4 Å². The molecule has 1 atom stereocenters. The Morgan fingerprint density at radius 1 is 1.15 bits per heavy atom. The minimum absolute atomic E-state index is 0.0279. The molecule has 1 amide bonds. The maximum atomic E-state index is 14.1. The molecule has 2 N–H and O–H groups in total. The second kappa shape index (κ2) is 9.44. The van der Waals surface area contributed by atoms with Gasteiger partial charge in [-0.1, -0.05) is 0 Å². The molecule has 0 saturated carbocycles. The number of aliphatic hydroxyl groups excluding tert-OH is 1. The van der Waals surface area contributed by atoms with E-state index in [1.807, 2.05) is 0 Å². The number of benzene rings is 2. The van der Waals surface area contributed by atoms with Gasteiger partial charge < -0.3 is 24.3 Å². The van der Waals surface area contributed by atoms with Gasteiger partial charge in [-0.05, 0) is 60.4 Å². The maximum Gasteiger partial charge on any atom is 0.230 e. The van der Waals surface area contributed by atoms with Crippen LogP contribution in [0.1, 0.15) is 36.3 Å². The molecule has 2 aromatic carbocycles. The van der Waals surface area contributed by atoms with Gasteiger partial charge >= 0.3 is 0 Å². The molecule has 0 saturated heterocycles. The first-order valence-corrected chi connectivity index (χ1v) is 10.7. The SMILES string of the molecule is COc1cc(C(CC(=O)N2CCCC=C2O)c2c[nH]c3ccc(F)cc23)cc(OC)c1OC. The summed E-state index contributed by atoms with van der Waals surface area (Å²) in [5, 5.41) is 10.9. The molecule has 1 aromatic heterocycles. The number of ether oxygens (including phenoxy) is 3. The van der Waals surface area contributed by atoms with Crippen LogP contribution in [0.3, 0.4) is 0 Å². The number of methoxy groups -OCH3 is 3. The average molecular weight is 454 g/mol. The van der Waals surface area contributed by atoms with E-state index < -0.39 is 5.92 Å². The number of hydrogen-bond donors (Lipinski definition) is 2. The lowest BCUT2D eigenvalue weighted by atomic mass is 9.87. The van der Waals surface area contributed by atoms with Crippen LogP contribution in [0, 0.1) is 5.82 Å². The van der Waals surface area contributed by atoms with Crippen molar-refractivity contribution >= 4 is 16.8 Å². The van der Waals surface area contributed by atoms with E-state index in [0.29, 0.717) is 29.2 Å². The first kappa shape index (κ1) is 22.5. The van der Waals surface area contributed by atoms with Crippen LogP contribution in [0.2, 0.25) is 0 Å². The number of hydrogen-bond acceptors (Lipinski definition) is 5. The van der Waals surface area contributed by atoms with Crippen molar-refractivity contribution in [1.82, 2.24) is 9.88 Å². The number of carbonyl (C=O) groups excluding carboxylic acids is 1. The first-order valence-electron chi connectivity index (χ1n) is 10.7. The summed E-state index contributed by atoms with van der Waals surface area (Å²) < 4.78 is 30.6. The van der Waals surface area contributed by atoms with Gasteiger partial charge in [-0.2, -0.15) is 0 Å². The maximum absolute atomic E-state index is 14.1. The second-order valence-corrected chi connectivity index (χ2v) is 7.90. The topological polar surface area (TPSA) is 84.0 Å². The lowest BCUT2D eigenvalue weighted by molar-refractivity contribution is -0.131. The van der Waals surface area contributed by atoms with E-state index in [4.69, 9.17) is 14.2 Å². The van der Waals surface area contributed by atoms with E-state index in [1.54, 1.807) is 30.5 Å². The minimum Gasteiger partial charge on any atom is -0.495 e. The van der Waals surface area contributed by atoms with Gasteiger partial charge in [-0.3, -0.25) is 9.69 Å². The minimum atomic E-state index is -0.462. The third-order valence-corrected chi connectivity index (χ3v) is 6.01. The fourth-order valence-corrected chi connectivity index (χ4v) is 4.36. The van der Waals surface area contributed by atoms with Crippen LogP contribution in [-0.2, 0) is 4.79 Å².